The van der Waals surface area contributed by atoms with E-state index in [1.54, 1.807) is 12.3 Å². The van der Waals surface area contributed by atoms with E-state index in [1.165, 1.54) is 37.6 Å². The van der Waals surface area contributed by atoms with Crippen LogP contribution < -0.4 is 24.0 Å². The summed E-state index contributed by atoms with van der Waals surface area (Å²) in [5.74, 6) is 1.39. The number of halogens is 1. The molecule has 0 saturated carbocycles. The zero-order valence-electron chi connectivity index (χ0n) is 10.9. The third kappa shape index (κ3) is 10.4. The van der Waals surface area contributed by atoms with Crippen LogP contribution in [-0.2, 0) is 0 Å². The lowest BCUT2D eigenvalue weighted by atomic mass is 10.4. The number of hydrogen-bond donors (Lipinski definition) is 0. The molecule has 0 saturated heterocycles. The van der Waals surface area contributed by atoms with Gasteiger partial charge in [0.15, 0.2) is 0 Å². The predicted octanol–water partition coefficient (Wildman–Crippen LogP) is 1.60. The van der Waals surface area contributed by atoms with E-state index in [0.717, 1.165) is 0 Å². The van der Waals surface area contributed by atoms with Crippen LogP contribution in [0.1, 0.15) is 39.5 Å². The molecular formula is C12H28IPS. The van der Waals surface area contributed by atoms with Gasteiger partial charge in [-0.25, -0.2) is 0 Å². The minimum absolute atomic E-state index is 0. The summed E-state index contributed by atoms with van der Waals surface area (Å²) < 4.78 is 0. The SMILES string of the molecule is CCCC[P+](C)(CCCC)CCSC.[I-]. The van der Waals surface area contributed by atoms with E-state index >= 15 is 0 Å². The first-order valence-electron chi connectivity index (χ1n) is 6.01. The quantitative estimate of drug-likeness (QED) is 0.444. The van der Waals surface area contributed by atoms with E-state index in [4.69, 9.17) is 0 Å². The maximum atomic E-state index is 2.61. The molecular weight excluding hydrogens is 334 g/mol. The highest BCUT2D eigenvalue weighted by atomic mass is 127. The van der Waals surface area contributed by atoms with Crippen molar-refractivity contribution in [2.75, 3.05) is 37.2 Å². The van der Waals surface area contributed by atoms with Crippen LogP contribution in [0.25, 0.3) is 0 Å². The van der Waals surface area contributed by atoms with Crippen molar-refractivity contribution in [2.24, 2.45) is 0 Å². The molecule has 15 heavy (non-hydrogen) atoms. The molecule has 94 valence electrons. The largest absolute Gasteiger partial charge is 1.00 e. The highest BCUT2D eigenvalue weighted by Crippen LogP contribution is 2.56. The van der Waals surface area contributed by atoms with Gasteiger partial charge in [0.1, 0.15) is 0 Å². The zero-order chi connectivity index (χ0) is 10.9. The van der Waals surface area contributed by atoms with Crippen molar-refractivity contribution in [1.29, 1.82) is 0 Å². The van der Waals surface area contributed by atoms with Gasteiger partial charge < -0.3 is 24.0 Å². The van der Waals surface area contributed by atoms with Gasteiger partial charge in [-0.15, -0.1) is 0 Å². The van der Waals surface area contributed by atoms with E-state index in [2.05, 4.69) is 26.8 Å². The van der Waals surface area contributed by atoms with E-state index in [-0.39, 0.29) is 24.0 Å². The molecule has 0 aromatic rings. The Morgan fingerprint density at radius 3 is 1.73 bits per heavy atom. The van der Waals surface area contributed by atoms with Crippen LogP contribution in [0.5, 0.6) is 0 Å². The fourth-order valence-corrected chi connectivity index (χ4v) is 7.05. The molecule has 0 unspecified atom stereocenters. The fourth-order valence-electron chi connectivity index (χ4n) is 1.73. The average Bonchev–Trinajstić information content (AvgIpc) is 2.21. The van der Waals surface area contributed by atoms with Gasteiger partial charge in [0.05, 0.1) is 18.5 Å². The van der Waals surface area contributed by atoms with Crippen molar-refractivity contribution in [3.63, 3.8) is 0 Å². The van der Waals surface area contributed by atoms with Crippen LogP contribution in [0.15, 0.2) is 0 Å². The highest BCUT2D eigenvalue weighted by molar-refractivity contribution is 7.99. The topological polar surface area (TPSA) is 0 Å². The van der Waals surface area contributed by atoms with E-state index in [1.807, 2.05) is 11.8 Å². The Labute approximate surface area is 119 Å². The summed E-state index contributed by atoms with van der Waals surface area (Å²) in [5, 5.41) is 0. The first-order chi connectivity index (χ1) is 6.68. The second-order valence-corrected chi connectivity index (χ2v) is 10.1. The first kappa shape index (κ1) is 18.9. The Balaban J connectivity index is 0. The van der Waals surface area contributed by atoms with E-state index < -0.39 is 7.26 Å². The van der Waals surface area contributed by atoms with Gasteiger partial charge in [0, 0.05) is 19.7 Å². The molecule has 0 aliphatic carbocycles. The Hall–Kier alpha value is 1.51. The minimum atomic E-state index is -0.540. The molecule has 0 atom stereocenters. The molecule has 0 spiro atoms. The van der Waals surface area contributed by atoms with Crippen LogP contribution in [-0.4, -0.2) is 37.2 Å². The molecule has 0 rings (SSSR count). The van der Waals surface area contributed by atoms with Crippen molar-refractivity contribution in [3.05, 3.63) is 0 Å². The second kappa shape index (κ2) is 12.0. The lowest BCUT2D eigenvalue weighted by Crippen LogP contribution is -3.00. The molecule has 0 radical (unpaired) electrons. The smallest absolute Gasteiger partial charge is 0.0682 e. The molecule has 0 aromatic heterocycles. The van der Waals surface area contributed by atoms with Gasteiger partial charge in [-0.05, 0) is 19.1 Å². The van der Waals surface area contributed by atoms with Gasteiger partial charge in [-0.2, -0.15) is 11.8 Å². The predicted molar refractivity (Wildman–Crippen MR) is 75.6 cm³/mol. The van der Waals surface area contributed by atoms with Crippen LogP contribution in [0.3, 0.4) is 0 Å². The van der Waals surface area contributed by atoms with Crippen molar-refractivity contribution < 1.29 is 24.0 Å². The lowest BCUT2D eigenvalue weighted by molar-refractivity contribution is -0.00000330. The van der Waals surface area contributed by atoms with Crippen molar-refractivity contribution >= 4 is 19.0 Å². The first-order valence-corrected chi connectivity index (χ1v) is 10.2. The molecule has 0 heterocycles. The number of unbranched alkanes of at least 4 members (excludes halogenated alkanes) is 2. The fraction of sp³-hybridized carbons (Fsp3) is 1.00. The Morgan fingerprint density at radius 2 is 1.40 bits per heavy atom. The molecule has 0 nitrogen and oxygen atoms in total. The zero-order valence-corrected chi connectivity index (χ0v) is 14.8. The maximum absolute atomic E-state index is 2.61. The molecule has 0 fully saturated rings. The van der Waals surface area contributed by atoms with Crippen LogP contribution in [0, 0.1) is 0 Å². The van der Waals surface area contributed by atoms with Crippen molar-refractivity contribution in [2.45, 2.75) is 39.5 Å². The van der Waals surface area contributed by atoms with Gasteiger partial charge >= 0.3 is 0 Å². The monoisotopic (exact) mass is 362 g/mol. The van der Waals surface area contributed by atoms with Gasteiger partial charge in [0.25, 0.3) is 0 Å². The molecule has 0 aliphatic heterocycles. The lowest BCUT2D eigenvalue weighted by Gasteiger charge is -2.22. The summed E-state index contributed by atoms with van der Waals surface area (Å²) in [6, 6.07) is 0. The standard InChI is InChI=1S/C12H28PS.HI/c1-5-7-9-13(3,10-8-6-2)11-12-14-4;/h5-12H2,1-4H3;1H/q+1;/p-1. The number of thioether (sulfide) groups is 1. The minimum Gasteiger partial charge on any atom is -1.00 e. The van der Waals surface area contributed by atoms with Gasteiger partial charge in [0.2, 0.25) is 0 Å². The Bertz CT molecular complexity index is 109. The Kier molecular flexibility index (Phi) is 15.1. The van der Waals surface area contributed by atoms with Crippen LogP contribution in [0.2, 0.25) is 0 Å². The van der Waals surface area contributed by atoms with Crippen LogP contribution >= 0.6 is 19.0 Å². The Morgan fingerprint density at radius 1 is 0.933 bits per heavy atom. The summed E-state index contributed by atoms with van der Waals surface area (Å²) in [4.78, 5) is 0. The number of rotatable bonds is 9. The van der Waals surface area contributed by atoms with Gasteiger partial charge in [-0.1, -0.05) is 26.7 Å². The normalized spacial score (nSPS) is 11.2. The van der Waals surface area contributed by atoms with E-state index in [0.29, 0.717) is 0 Å². The summed E-state index contributed by atoms with van der Waals surface area (Å²) in [7, 11) is -0.540. The summed E-state index contributed by atoms with van der Waals surface area (Å²) in [5.41, 5.74) is 0. The molecule has 0 bridgehead atoms. The number of hydrogen-bond acceptors (Lipinski definition) is 1. The molecule has 0 aliphatic rings. The van der Waals surface area contributed by atoms with E-state index in [9.17, 15) is 0 Å². The van der Waals surface area contributed by atoms with Crippen LogP contribution in [0.4, 0.5) is 0 Å². The molecule has 0 amide bonds. The third-order valence-electron chi connectivity index (χ3n) is 2.94. The average molecular weight is 362 g/mol. The van der Waals surface area contributed by atoms with Gasteiger partial charge in [-0.3, -0.25) is 0 Å². The highest BCUT2D eigenvalue weighted by Gasteiger charge is 2.28. The molecule has 0 N–H and O–H groups in total. The van der Waals surface area contributed by atoms with Crippen molar-refractivity contribution in [1.82, 2.24) is 0 Å². The maximum Gasteiger partial charge on any atom is 0.0682 e. The second-order valence-electron chi connectivity index (χ2n) is 4.49. The summed E-state index contributed by atoms with van der Waals surface area (Å²) in [6.07, 6.45) is 12.5. The van der Waals surface area contributed by atoms with Crippen molar-refractivity contribution in [3.8, 4) is 0 Å². The summed E-state index contributed by atoms with van der Waals surface area (Å²) >= 11 is 2.02. The summed E-state index contributed by atoms with van der Waals surface area (Å²) in [6.45, 7) is 7.24. The molecule has 0 aromatic carbocycles. The molecule has 3 heteroatoms. The third-order valence-corrected chi connectivity index (χ3v) is 7.95.